The van der Waals surface area contributed by atoms with E-state index in [4.69, 9.17) is 9.97 Å². The number of nitrogens with one attached hydrogen (secondary N) is 1. The van der Waals surface area contributed by atoms with Crippen LogP contribution in [0.5, 0.6) is 0 Å². The van der Waals surface area contributed by atoms with Gasteiger partial charge < -0.3 is 5.32 Å². The second kappa shape index (κ2) is 9.15. The Kier molecular flexibility index (Phi) is 5.94. The van der Waals surface area contributed by atoms with Crippen LogP contribution >= 0.6 is 11.3 Å². The highest BCUT2D eigenvalue weighted by Gasteiger charge is 2.21. The normalized spacial score (nSPS) is 14.7. The van der Waals surface area contributed by atoms with Crippen molar-refractivity contribution < 1.29 is 0 Å². The van der Waals surface area contributed by atoms with Gasteiger partial charge in [-0.2, -0.15) is 0 Å². The molecule has 0 bridgehead atoms. The predicted octanol–water partition coefficient (Wildman–Crippen LogP) is 6.31. The first kappa shape index (κ1) is 20.1. The quantitative estimate of drug-likeness (QED) is 0.366. The molecule has 3 heterocycles. The monoisotopic (exact) mass is 428 g/mol. The van der Waals surface area contributed by atoms with Crippen LogP contribution in [0.2, 0.25) is 0 Å². The molecule has 1 aliphatic carbocycles. The molecular formula is C26H28N4S. The van der Waals surface area contributed by atoms with Crippen LogP contribution in [-0.4, -0.2) is 21.5 Å². The summed E-state index contributed by atoms with van der Waals surface area (Å²) in [6, 6.07) is 14.7. The first-order valence-corrected chi connectivity index (χ1v) is 12.1. The maximum atomic E-state index is 5.02. The van der Waals surface area contributed by atoms with E-state index in [0.29, 0.717) is 5.92 Å². The number of aryl methyl sites for hydroxylation is 2. The Balaban J connectivity index is 1.49. The molecule has 1 unspecified atom stereocenters. The molecule has 1 N–H and O–H groups in total. The van der Waals surface area contributed by atoms with Gasteiger partial charge in [-0.1, -0.05) is 43.7 Å². The van der Waals surface area contributed by atoms with Gasteiger partial charge in [0.2, 0.25) is 0 Å². The van der Waals surface area contributed by atoms with Crippen molar-refractivity contribution in [2.75, 3.05) is 11.9 Å². The molecule has 3 aromatic heterocycles. The molecule has 158 valence electrons. The molecule has 1 aromatic carbocycles. The summed E-state index contributed by atoms with van der Waals surface area (Å²) in [5.41, 5.74) is 3.88. The summed E-state index contributed by atoms with van der Waals surface area (Å²) in [5.74, 6) is 2.29. The lowest BCUT2D eigenvalue weighted by molar-refractivity contribution is 0.611. The zero-order chi connectivity index (χ0) is 21.0. The highest BCUT2D eigenvalue weighted by Crippen LogP contribution is 2.39. The SMILES string of the molecule is CC(CNc1nc(-c2ccncc2)nc2sc3c(c12)CCCCC3)Cc1ccccc1. The van der Waals surface area contributed by atoms with Gasteiger partial charge in [0.05, 0.1) is 5.39 Å². The number of fused-ring (bicyclic) bond motifs is 3. The van der Waals surface area contributed by atoms with Gasteiger partial charge in [0, 0.05) is 29.4 Å². The molecule has 0 amide bonds. The second-order valence-corrected chi connectivity index (χ2v) is 9.64. The van der Waals surface area contributed by atoms with E-state index in [9.17, 15) is 0 Å². The predicted molar refractivity (Wildman–Crippen MR) is 130 cm³/mol. The summed E-state index contributed by atoms with van der Waals surface area (Å²) < 4.78 is 0. The Morgan fingerprint density at radius 2 is 1.77 bits per heavy atom. The third-order valence-electron chi connectivity index (χ3n) is 6.05. The summed E-state index contributed by atoms with van der Waals surface area (Å²) in [5, 5.41) is 4.97. The molecule has 5 heteroatoms. The van der Waals surface area contributed by atoms with Crippen LogP contribution in [0, 0.1) is 5.92 Å². The van der Waals surface area contributed by atoms with Crippen LogP contribution in [0.3, 0.4) is 0 Å². The first-order chi connectivity index (χ1) is 15.3. The second-order valence-electron chi connectivity index (χ2n) is 8.55. The molecule has 0 saturated heterocycles. The minimum absolute atomic E-state index is 0.508. The van der Waals surface area contributed by atoms with Crippen molar-refractivity contribution in [2.45, 2.75) is 45.4 Å². The molecule has 0 fully saturated rings. The Morgan fingerprint density at radius 3 is 2.61 bits per heavy atom. The molecule has 0 saturated carbocycles. The highest BCUT2D eigenvalue weighted by atomic mass is 32.1. The minimum atomic E-state index is 0.508. The van der Waals surface area contributed by atoms with Gasteiger partial charge in [-0.05, 0) is 61.3 Å². The number of hydrogen-bond acceptors (Lipinski definition) is 5. The molecule has 0 radical (unpaired) electrons. The van der Waals surface area contributed by atoms with Gasteiger partial charge in [0.1, 0.15) is 10.6 Å². The lowest BCUT2D eigenvalue weighted by Gasteiger charge is -2.15. The van der Waals surface area contributed by atoms with E-state index in [2.05, 4.69) is 47.6 Å². The van der Waals surface area contributed by atoms with Gasteiger partial charge in [-0.3, -0.25) is 4.98 Å². The summed E-state index contributed by atoms with van der Waals surface area (Å²) in [6.07, 6.45) is 10.8. The van der Waals surface area contributed by atoms with Crippen molar-refractivity contribution in [1.29, 1.82) is 0 Å². The van der Waals surface area contributed by atoms with Crippen molar-refractivity contribution >= 4 is 27.4 Å². The molecule has 5 rings (SSSR count). The molecule has 1 atom stereocenters. The number of nitrogens with zero attached hydrogens (tertiary/aromatic N) is 3. The average Bonchev–Trinajstić information content (AvgIpc) is 3.00. The smallest absolute Gasteiger partial charge is 0.163 e. The zero-order valence-electron chi connectivity index (χ0n) is 18.0. The Morgan fingerprint density at radius 1 is 0.968 bits per heavy atom. The molecule has 4 aromatic rings. The standard InChI is InChI=1S/C26H28N4S/c1-18(16-19-8-4-2-5-9-19)17-28-25-23-21-10-6-3-7-11-22(21)31-26(23)30-24(29-25)20-12-14-27-15-13-20/h2,4-5,8-9,12-15,18H,3,6-7,10-11,16-17H2,1H3,(H,28,29,30). The van der Waals surface area contributed by atoms with Crippen LogP contribution in [0.1, 0.15) is 42.2 Å². The molecule has 4 nitrogen and oxygen atoms in total. The van der Waals surface area contributed by atoms with Crippen LogP contribution < -0.4 is 5.32 Å². The highest BCUT2D eigenvalue weighted by molar-refractivity contribution is 7.19. The van der Waals surface area contributed by atoms with Gasteiger partial charge in [-0.25, -0.2) is 9.97 Å². The van der Waals surface area contributed by atoms with Crippen molar-refractivity contribution in [2.24, 2.45) is 5.92 Å². The molecule has 1 aliphatic rings. The van der Waals surface area contributed by atoms with Gasteiger partial charge >= 0.3 is 0 Å². The number of benzene rings is 1. The topological polar surface area (TPSA) is 50.7 Å². The van der Waals surface area contributed by atoms with E-state index in [1.165, 1.54) is 47.1 Å². The summed E-state index contributed by atoms with van der Waals surface area (Å²) >= 11 is 1.87. The lowest BCUT2D eigenvalue weighted by atomic mass is 10.0. The third-order valence-corrected chi connectivity index (χ3v) is 7.23. The number of hydrogen-bond donors (Lipinski definition) is 1. The fraction of sp³-hybridized carbons (Fsp3) is 0.346. The Labute approximate surface area is 187 Å². The van der Waals surface area contributed by atoms with Gasteiger partial charge in [0.15, 0.2) is 5.82 Å². The van der Waals surface area contributed by atoms with E-state index >= 15 is 0 Å². The largest absolute Gasteiger partial charge is 0.369 e. The number of anilines is 1. The number of pyridine rings is 1. The Bertz CT molecular complexity index is 1150. The zero-order valence-corrected chi connectivity index (χ0v) is 18.8. The van der Waals surface area contributed by atoms with Crippen LogP contribution in [0.15, 0.2) is 54.9 Å². The van der Waals surface area contributed by atoms with E-state index in [1.54, 1.807) is 0 Å². The van der Waals surface area contributed by atoms with Crippen LogP contribution in [-0.2, 0) is 19.3 Å². The van der Waals surface area contributed by atoms with Crippen molar-refractivity contribution in [3.8, 4) is 11.4 Å². The maximum absolute atomic E-state index is 5.02. The molecular weight excluding hydrogens is 400 g/mol. The summed E-state index contributed by atoms with van der Waals surface area (Å²) in [7, 11) is 0. The Hall–Kier alpha value is -2.79. The molecule has 31 heavy (non-hydrogen) atoms. The fourth-order valence-electron chi connectivity index (χ4n) is 4.45. The van der Waals surface area contributed by atoms with Crippen molar-refractivity contribution in [3.63, 3.8) is 0 Å². The number of rotatable bonds is 6. The van der Waals surface area contributed by atoms with Crippen molar-refractivity contribution in [3.05, 3.63) is 70.9 Å². The first-order valence-electron chi connectivity index (χ1n) is 11.3. The van der Waals surface area contributed by atoms with E-state index < -0.39 is 0 Å². The molecule has 0 aliphatic heterocycles. The number of aromatic nitrogens is 3. The fourth-order valence-corrected chi connectivity index (χ4v) is 5.71. The maximum Gasteiger partial charge on any atom is 0.163 e. The third kappa shape index (κ3) is 4.47. The number of thiophene rings is 1. The molecule has 0 spiro atoms. The summed E-state index contributed by atoms with van der Waals surface area (Å²) in [6.45, 7) is 3.19. The minimum Gasteiger partial charge on any atom is -0.369 e. The van der Waals surface area contributed by atoms with Gasteiger partial charge in [0.25, 0.3) is 0 Å². The van der Waals surface area contributed by atoms with Crippen LogP contribution in [0.4, 0.5) is 5.82 Å². The van der Waals surface area contributed by atoms with Crippen molar-refractivity contribution in [1.82, 2.24) is 15.0 Å². The van der Waals surface area contributed by atoms with Gasteiger partial charge in [-0.15, -0.1) is 11.3 Å². The van der Waals surface area contributed by atoms with E-state index in [1.807, 2.05) is 35.9 Å². The lowest BCUT2D eigenvalue weighted by Crippen LogP contribution is -2.15. The summed E-state index contributed by atoms with van der Waals surface area (Å²) in [4.78, 5) is 16.8. The average molecular weight is 429 g/mol. The van der Waals surface area contributed by atoms with E-state index in [0.717, 1.165) is 41.4 Å². The van der Waals surface area contributed by atoms with Crippen LogP contribution in [0.25, 0.3) is 21.6 Å². The van der Waals surface area contributed by atoms with E-state index in [-0.39, 0.29) is 0 Å².